The van der Waals surface area contributed by atoms with Crippen LogP contribution in [0.4, 0.5) is 0 Å². The molecule has 11 heteroatoms. The quantitative estimate of drug-likeness (QED) is 0.353. The normalized spacial score (nSPS) is 14.8. The summed E-state index contributed by atoms with van der Waals surface area (Å²) in [6.07, 6.45) is 2.94. The zero-order valence-electron chi connectivity index (χ0n) is 22.9. The number of nitrogens with zero attached hydrogens (tertiary/aromatic N) is 2. The minimum atomic E-state index is -3.63. The van der Waals surface area contributed by atoms with Crippen molar-refractivity contribution in [2.75, 3.05) is 46.6 Å². The van der Waals surface area contributed by atoms with Gasteiger partial charge in [-0.3, -0.25) is 9.59 Å². The molecule has 1 aliphatic rings. The van der Waals surface area contributed by atoms with Crippen LogP contribution in [0.2, 0.25) is 0 Å². The number of hydrogen-bond donors (Lipinski definition) is 1. The molecule has 1 fully saturated rings. The lowest BCUT2D eigenvalue weighted by atomic mass is 10.1. The first kappa shape index (κ1) is 30.4. The van der Waals surface area contributed by atoms with Gasteiger partial charge in [-0.05, 0) is 55.3 Å². The van der Waals surface area contributed by atoms with E-state index in [0.717, 1.165) is 24.8 Å². The second-order valence-corrected chi connectivity index (χ2v) is 11.3. The van der Waals surface area contributed by atoms with Crippen molar-refractivity contribution in [3.05, 3.63) is 54.1 Å². The highest BCUT2D eigenvalue weighted by Gasteiger charge is 2.28. The van der Waals surface area contributed by atoms with Gasteiger partial charge in [-0.2, -0.15) is 4.31 Å². The maximum Gasteiger partial charge on any atom is 0.261 e. The van der Waals surface area contributed by atoms with E-state index >= 15 is 0 Å². The standard InChI is InChI=1S/C28H39N3O7S/c1-4-5-6-15-29-28(33)22(2)31(20-23-7-9-24(36-3)10-8-23)27(32)21-38-25-11-13-26(14-12-25)39(34,35)30-16-18-37-19-17-30/h7-14,22H,4-6,15-21H2,1-3H3,(H,29,33). The summed E-state index contributed by atoms with van der Waals surface area (Å²) >= 11 is 0. The van der Waals surface area contributed by atoms with Gasteiger partial charge >= 0.3 is 0 Å². The number of morpholine rings is 1. The third kappa shape index (κ3) is 8.67. The van der Waals surface area contributed by atoms with Crippen LogP contribution in [-0.2, 0) is 30.9 Å². The zero-order chi connectivity index (χ0) is 28.3. The highest BCUT2D eigenvalue weighted by molar-refractivity contribution is 7.89. The number of methoxy groups -OCH3 is 1. The first-order valence-corrected chi connectivity index (χ1v) is 14.7. The van der Waals surface area contributed by atoms with Crippen LogP contribution in [0.25, 0.3) is 0 Å². The Bertz CT molecular complexity index is 1160. The fraction of sp³-hybridized carbons (Fsp3) is 0.500. The Kier molecular flexibility index (Phi) is 11.6. The van der Waals surface area contributed by atoms with Crippen molar-refractivity contribution in [3.63, 3.8) is 0 Å². The van der Waals surface area contributed by atoms with Crippen LogP contribution in [0, 0.1) is 0 Å². The molecule has 0 saturated carbocycles. The van der Waals surface area contributed by atoms with Gasteiger partial charge in [-0.15, -0.1) is 0 Å². The molecule has 2 aromatic rings. The molecule has 2 amide bonds. The van der Waals surface area contributed by atoms with Gasteiger partial charge in [-0.25, -0.2) is 8.42 Å². The number of hydrogen-bond acceptors (Lipinski definition) is 7. The number of ether oxygens (including phenoxy) is 3. The molecule has 1 heterocycles. The van der Waals surface area contributed by atoms with E-state index in [9.17, 15) is 18.0 Å². The van der Waals surface area contributed by atoms with Crippen molar-refractivity contribution in [3.8, 4) is 11.5 Å². The molecule has 1 N–H and O–H groups in total. The minimum absolute atomic E-state index is 0.151. The minimum Gasteiger partial charge on any atom is -0.497 e. The summed E-state index contributed by atoms with van der Waals surface area (Å²) in [6, 6.07) is 12.6. The summed E-state index contributed by atoms with van der Waals surface area (Å²) in [5.74, 6) is 0.448. The molecule has 1 unspecified atom stereocenters. The average Bonchev–Trinajstić information content (AvgIpc) is 2.97. The van der Waals surface area contributed by atoms with Crippen molar-refractivity contribution in [1.82, 2.24) is 14.5 Å². The number of rotatable bonds is 14. The first-order chi connectivity index (χ1) is 18.8. The van der Waals surface area contributed by atoms with E-state index < -0.39 is 16.1 Å². The largest absolute Gasteiger partial charge is 0.497 e. The Morgan fingerprint density at radius 3 is 2.28 bits per heavy atom. The number of unbranched alkanes of at least 4 members (excludes halogenated alkanes) is 2. The fourth-order valence-corrected chi connectivity index (χ4v) is 5.52. The summed E-state index contributed by atoms with van der Waals surface area (Å²) in [4.78, 5) is 27.8. The molecule has 0 bridgehead atoms. The van der Waals surface area contributed by atoms with E-state index in [-0.39, 0.29) is 29.9 Å². The smallest absolute Gasteiger partial charge is 0.261 e. The van der Waals surface area contributed by atoms with Crippen molar-refractivity contribution in [2.45, 2.75) is 50.6 Å². The lowest BCUT2D eigenvalue weighted by Crippen LogP contribution is -2.49. The Labute approximate surface area is 231 Å². The summed E-state index contributed by atoms with van der Waals surface area (Å²) < 4.78 is 43.2. The Hall–Kier alpha value is -3.15. The van der Waals surface area contributed by atoms with Crippen LogP contribution in [0.5, 0.6) is 11.5 Å². The number of sulfonamides is 1. The summed E-state index contributed by atoms with van der Waals surface area (Å²) in [6.45, 7) is 5.60. The maximum atomic E-state index is 13.3. The zero-order valence-corrected chi connectivity index (χ0v) is 23.7. The Morgan fingerprint density at radius 2 is 1.67 bits per heavy atom. The molecule has 1 saturated heterocycles. The van der Waals surface area contributed by atoms with Gasteiger partial charge in [0.25, 0.3) is 5.91 Å². The highest BCUT2D eigenvalue weighted by Crippen LogP contribution is 2.21. The van der Waals surface area contributed by atoms with Gasteiger partial charge in [0.2, 0.25) is 15.9 Å². The predicted molar refractivity (Wildman–Crippen MR) is 147 cm³/mol. The molecule has 10 nitrogen and oxygen atoms in total. The molecule has 0 aliphatic carbocycles. The SMILES string of the molecule is CCCCCNC(=O)C(C)N(Cc1ccc(OC)cc1)C(=O)COc1ccc(S(=O)(=O)N2CCOCC2)cc1. The van der Waals surface area contributed by atoms with Crippen molar-refractivity contribution in [1.29, 1.82) is 0 Å². The highest BCUT2D eigenvalue weighted by atomic mass is 32.2. The van der Waals surface area contributed by atoms with Crippen molar-refractivity contribution in [2.24, 2.45) is 0 Å². The van der Waals surface area contributed by atoms with E-state index in [1.165, 1.54) is 33.5 Å². The molecular formula is C28H39N3O7S. The maximum absolute atomic E-state index is 13.3. The summed E-state index contributed by atoms with van der Waals surface area (Å²) in [7, 11) is -2.05. The van der Waals surface area contributed by atoms with E-state index in [1.807, 2.05) is 12.1 Å². The van der Waals surface area contributed by atoms with Crippen LogP contribution in [0.3, 0.4) is 0 Å². The fourth-order valence-electron chi connectivity index (χ4n) is 4.12. The van der Waals surface area contributed by atoms with E-state index in [1.54, 1.807) is 26.2 Å². The van der Waals surface area contributed by atoms with Gasteiger partial charge in [-0.1, -0.05) is 31.9 Å². The molecule has 1 aliphatic heterocycles. The second-order valence-electron chi connectivity index (χ2n) is 9.32. The first-order valence-electron chi connectivity index (χ1n) is 13.3. The molecule has 39 heavy (non-hydrogen) atoms. The number of amides is 2. The molecule has 2 aromatic carbocycles. The Balaban J connectivity index is 1.66. The van der Waals surface area contributed by atoms with Crippen molar-refractivity contribution < 1.29 is 32.2 Å². The number of nitrogens with one attached hydrogen (secondary N) is 1. The molecule has 1 atom stereocenters. The Morgan fingerprint density at radius 1 is 1.03 bits per heavy atom. The van der Waals surface area contributed by atoms with E-state index in [2.05, 4.69) is 12.2 Å². The monoisotopic (exact) mass is 561 g/mol. The van der Waals surface area contributed by atoms with Crippen molar-refractivity contribution >= 4 is 21.8 Å². The van der Waals surface area contributed by atoms with Gasteiger partial charge in [0, 0.05) is 26.2 Å². The number of carbonyl (C=O) groups excluding carboxylic acids is 2. The van der Waals surface area contributed by atoms with Gasteiger partial charge in [0.05, 0.1) is 25.2 Å². The summed E-state index contributed by atoms with van der Waals surface area (Å²) in [5.41, 5.74) is 0.840. The molecule has 0 radical (unpaired) electrons. The topological polar surface area (TPSA) is 114 Å². The average molecular weight is 562 g/mol. The van der Waals surface area contributed by atoms with E-state index in [4.69, 9.17) is 14.2 Å². The van der Waals surface area contributed by atoms with Crippen LogP contribution < -0.4 is 14.8 Å². The van der Waals surface area contributed by atoms with Crippen LogP contribution >= 0.6 is 0 Å². The molecule has 0 aromatic heterocycles. The lowest BCUT2D eigenvalue weighted by molar-refractivity contribution is -0.142. The van der Waals surface area contributed by atoms with Crippen LogP contribution in [0.1, 0.15) is 38.7 Å². The van der Waals surface area contributed by atoms with Crippen LogP contribution in [0.15, 0.2) is 53.4 Å². The molecular weight excluding hydrogens is 522 g/mol. The lowest BCUT2D eigenvalue weighted by Gasteiger charge is -2.29. The van der Waals surface area contributed by atoms with Gasteiger partial charge < -0.3 is 24.4 Å². The summed E-state index contributed by atoms with van der Waals surface area (Å²) in [5, 5.41) is 2.92. The molecule has 214 valence electrons. The third-order valence-electron chi connectivity index (χ3n) is 6.55. The number of benzene rings is 2. The molecule has 0 spiro atoms. The van der Waals surface area contributed by atoms with Gasteiger partial charge in [0.1, 0.15) is 17.5 Å². The molecule has 3 rings (SSSR count). The van der Waals surface area contributed by atoms with E-state index in [0.29, 0.717) is 44.3 Å². The predicted octanol–water partition coefficient (Wildman–Crippen LogP) is 2.82. The third-order valence-corrected chi connectivity index (χ3v) is 8.47. The number of carbonyl (C=O) groups is 2. The van der Waals surface area contributed by atoms with Gasteiger partial charge in [0.15, 0.2) is 6.61 Å². The second kappa shape index (κ2) is 14.9. The van der Waals surface area contributed by atoms with Crippen LogP contribution in [-0.4, -0.2) is 82.0 Å².